The molecule has 26 heavy (non-hydrogen) atoms. The van der Waals surface area contributed by atoms with Gasteiger partial charge in [0.25, 0.3) is 11.8 Å². The average Bonchev–Trinajstić information content (AvgIpc) is 3.29. The van der Waals surface area contributed by atoms with Crippen LogP contribution >= 0.6 is 11.3 Å². The number of thiazole rings is 1. The standard InChI is InChI=1S/C19H24N4O2S/c1-3-20-17(24)13-9-8-12(2)15(10-13)23-18(25)16-11-21-19(26-16)22-14-6-4-5-7-14/h8-11,14H,3-7H2,1-2H3,(H,20,24)(H,21,22)(H,23,25). The minimum atomic E-state index is -0.210. The van der Waals surface area contributed by atoms with E-state index in [0.29, 0.717) is 28.7 Å². The molecule has 1 heterocycles. The first kappa shape index (κ1) is 18.4. The van der Waals surface area contributed by atoms with Crippen molar-refractivity contribution in [1.29, 1.82) is 0 Å². The van der Waals surface area contributed by atoms with Crippen LogP contribution in [0.5, 0.6) is 0 Å². The summed E-state index contributed by atoms with van der Waals surface area (Å²) >= 11 is 1.36. The highest BCUT2D eigenvalue weighted by molar-refractivity contribution is 7.17. The number of carbonyl (C=O) groups is 2. The topological polar surface area (TPSA) is 83.1 Å². The lowest BCUT2D eigenvalue weighted by Gasteiger charge is -2.10. The van der Waals surface area contributed by atoms with Gasteiger partial charge < -0.3 is 16.0 Å². The number of carbonyl (C=O) groups excluding carboxylic acids is 2. The lowest BCUT2D eigenvalue weighted by molar-refractivity contribution is 0.0954. The summed E-state index contributed by atoms with van der Waals surface area (Å²) in [5, 5.41) is 9.85. The minimum absolute atomic E-state index is 0.149. The van der Waals surface area contributed by atoms with Crippen molar-refractivity contribution >= 4 is 34.0 Å². The van der Waals surface area contributed by atoms with Crippen LogP contribution in [0.4, 0.5) is 10.8 Å². The summed E-state index contributed by atoms with van der Waals surface area (Å²) in [5.74, 6) is -0.359. The van der Waals surface area contributed by atoms with Crippen LogP contribution in [0.15, 0.2) is 24.4 Å². The average molecular weight is 372 g/mol. The van der Waals surface area contributed by atoms with E-state index in [1.807, 2.05) is 19.9 Å². The van der Waals surface area contributed by atoms with Crippen LogP contribution in [-0.2, 0) is 0 Å². The number of nitrogens with one attached hydrogen (secondary N) is 3. The zero-order valence-corrected chi connectivity index (χ0v) is 15.9. The van der Waals surface area contributed by atoms with Crippen LogP contribution < -0.4 is 16.0 Å². The number of aromatic nitrogens is 1. The molecule has 0 saturated heterocycles. The summed E-state index contributed by atoms with van der Waals surface area (Å²) in [7, 11) is 0. The first-order valence-electron chi connectivity index (χ1n) is 8.99. The molecule has 1 fully saturated rings. The third kappa shape index (κ3) is 4.40. The second-order valence-electron chi connectivity index (χ2n) is 6.50. The molecule has 1 saturated carbocycles. The summed E-state index contributed by atoms with van der Waals surface area (Å²) in [5.41, 5.74) is 2.07. The van der Waals surface area contributed by atoms with Gasteiger partial charge in [0, 0.05) is 23.8 Å². The molecule has 1 aliphatic rings. The number of rotatable bonds is 6. The van der Waals surface area contributed by atoms with Gasteiger partial charge in [0.15, 0.2) is 5.13 Å². The Hall–Kier alpha value is -2.41. The van der Waals surface area contributed by atoms with Gasteiger partial charge in [0.05, 0.1) is 6.20 Å². The van der Waals surface area contributed by atoms with Crippen LogP contribution in [0.3, 0.4) is 0 Å². The number of amides is 2. The Bertz CT molecular complexity index is 797. The minimum Gasteiger partial charge on any atom is -0.359 e. The highest BCUT2D eigenvalue weighted by atomic mass is 32.1. The number of aryl methyl sites for hydroxylation is 1. The Kier molecular flexibility index (Phi) is 5.88. The van der Waals surface area contributed by atoms with Gasteiger partial charge in [-0.15, -0.1) is 0 Å². The molecule has 2 aromatic rings. The molecule has 0 unspecified atom stereocenters. The monoisotopic (exact) mass is 372 g/mol. The summed E-state index contributed by atoms with van der Waals surface area (Å²) in [6.07, 6.45) is 6.41. The van der Waals surface area contributed by atoms with E-state index in [2.05, 4.69) is 20.9 Å². The Balaban J connectivity index is 1.68. The number of nitrogens with zero attached hydrogens (tertiary/aromatic N) is 1. The van der Waals surface area contributed by atoms with E-state index in [4.69, 9.17) is 0 Å². The van der Waals surface area contributed by atoms with Crippen molar-refractivity contribution in [3.05, 3.63) is 40.4 Å². The molecule has 0 spiro atoms. The van der Waals surface area contributed by atoms with Crippen LogP contribution in [0, 0.1) is 6.92 Å². The lowest BCUT2D eigenvalue weighted by atomic mass is 10.1. The van der Waals surface area contributed by atoms with Gasteiger partial charge in [0.1, 0.15) is 4.88 Å². The van der Waals surface area contributed by atoms with Gasteiger partial charge in [-0.2, -0.15) is 0 Å². The second-order valence-corrected chi connectivity index (χ2v) is 7.53. The fraction of sp³-hybridized carbons (Fsp3) is 0.421. The van der Waals surface area contributed by atoms with E-state index in [1.54, 1.807) is 18.3 Å². The molecule has 1 aromatic carbocycles. The molecule has 0 atom stereocenters. The first-order chi connectivity index (χ1) is 12.6. The highest BCUT2D eigenvalue weighted by Crippen LogP contribution is 2.26. The summed E-state index contributed by atoms with van der Waals surface area (Å²) in [4.78, 5) is 29.4. The highest BCUT2D eigenvalue weighted by Gasteiger charge is 2.18. The predicted octanol–water partition coefficient (Wildman–Crippen LogP) is 3.81. The third-order valence-corrected chi connectivity index (χ3v) is 5.42. The molecular weight excluding hydrogens is 348 g/mol. The maximum Gasteiger partial charge on any atom is 0.267 e. The molecule has 138 valence electrons. The van der Waals surface area contributed by atoms with Crippen LogP contribution in [0.1, 0.15) is 58.2 Å². The zero-order valence-electron chi connectivity index (χ0n) is 15.1. The lowest BCUT2D eigenvalue weighted by Crippen LogP contribution is -2.23. The van der Waals surface area contributed by atoms with Gasteiger partial charge >= 0.3 is 0 Å². The Morgan fingerprint density at radius 2 is 2.00 bits per heavy atom. The van der Waals surface area contributed by atoms with Crippen molar-refractivity contribution in [2.24, 2.45) is 0 Å². The Labute approximate surface area is 157 Å². The van der Waals surface area contributed by atoms with Crippen LogP contribution in [0.2, 0.25) is 0 Å². The summed E-state index contributed by atoms with van der Waals surface area (Å²) in [6, 6.07) is 5.76. The van der Waals surface area contributed by atoms with Gasteiger partial charge in [0.2, 0.25) is 0 Å². The van der Waals surface area contributed by atoms with Crippen LogP contribution in [0.25, 0.3) is 0 Å². The third-order valence-electron chi connectivity index (χ3n) is 4.50. The van der Waals surface area contributed by atoms with E-state index < -0.39 is 0 Å². The van der Waals surface area contributed by atoms with E-state index >= 15 is 0 Å². The van der Waals surface area contributed by atoms with Gasteiger partial charge in [-0.25, -0.2) is 4.98 Å². The van der Waals surface area contributed by atoms with Crippen molar-refractivity contribution < 1.29 is 9.59 Å². The number of hydrogen-bond acceptors (Lipinski definition) is 5. The van der Waals surface area contributed by atoms with Gasteiger partial charge in [-0.3, -0.25) is 9.59 Å². The second kappa shape index (κ2) is 8.31. The molecule has 6 nitrogen and oxygen atoms in total. The zero-order chi connectivity index (χ0) is 18.5. The number of anilines is 2. The molecule has 3 rings (SSSR count). The molecule has 1 aliphatic carbocycles. The van der Waals surface area contributed by atoms with Crippen molar-refractivity contribution in [1.82, 2.24) is 10.3 Å². The van der Waals surface area contributed by atoms with E-state index in [1.165, 1.54) is 24.2 Å². The fourth-order valence-corrected chi connectivity index (χ4v) is 3.82. The SMILES string of the molecule is CCNC(=O)c1ccc(C)c(NC(=O)c2cnc(NC3CCCC3)s2)c1. The van der Waals surface area contributed by atoms with E-state index in [9.17, 15) is 9.59 Å². The molecule has 2 amide bonds. The van der Waals surface area contributed by atoms with Crippen molar-refractivity contribution in [3.8, 4) is 0 Å². The maximum atomic E-state index is 12.6. The summed E-state index contributed by atoms with van der Waals surface area (Å²) < 4.78 is 0. The smallest absolute Gasteiger partial charge is 0.267 e. The van der Waals surface area contributed by atoms with Crippen molar-refractivity contribution in [2.75, 3.05) is 17.2 Å². The van der Waals surface area contributed by atoms with Gasteiger partial charge in [-0.05, 0) is 44.4 Å². The van der Waals surface area contributed by atoms with Crippen LogP contribution in [-0.4, -0.2) is 29.4 Å². The van der Waals surface area contributed by atoms with E-state index in [0.717, 1.165) is 23.5 Å². The van der Waals surface area contributed by atoms with Gasteiger partial charge in [-0.1, -0.05) is 30.2 Å². The molecule has 0 aliphatic heterocycles. The molecule has 0 radical (unpaired) electrons. The molecule has 3 N–H and O–H groups in total. The number of hydrogen-bond donors (Lipinski definition) is 3. The van der Waals surface area contributed by atoms with Crippen molar-refractivity contribution in [2.45, 2.75) is 45.6 Å². The fourth-order valence-electron chi connectivity index (χ4n) is 3.04. The molecule has 1 aromatic heterocycles. The van der Waals surface area contributed by atoms with E-state index in [-0.39, 0.29) is 11.8 Å². The Morgan fingerprint density at radius 3 is 2.73 bits per heavy atom. The molecular formula is C19H24N4O2S. The normalized spacial score (nSPS) is 14.2. The first-order valence-corrected chi connectivity index (χ1v) is 9.81. The Morgan fingerprint density at radius 1 is 1.23 bits per heavy atom. The summed E-state index contributed by atoms with van der Waals surface area (Å²) in [6.45, 7) is 4.33. The largest absolute Gasteiger partial charge is 0.359 e. The maximum absolute atomic E-state index is 12.6. The molecule has 0 bridgehead atoms. The molecule has 7 heteroatoms. The van der Waals surface area contributed by atoms with Crippen molar-refractivity contribution in [3.63, 3.8) is 0 Å². The number of benzene rings is 1. The quantitative estimate of drug-likeness (QED) is 0.720. The predicted molar refractivity (Wildman–Crippen MR) is 105 cm³/mol.